The van der Waals surface area contributed by atoms with Crippen molar-refractivity contribution in [1.29, 1.82) is 0 Å². The van der Waals surface area contributed by atoms with Gasteiger partial charge in [0.25, 0.3) is 0 Å². The molecule has 0 amide bonds. The fraction of sp³-hybridized carbons (Fsp3) is 0.333. The van der Waals surface area contributed by atoms with Crippen molar-refractivity contribution >= 4 is 34.3 Å². The molecule has 0 unspecified atom stereocenters. The molecule has 0 fully saturated rings. The lowest BCUT2D eigenvalue weighted by molar-refractivity contribution is -0.193. The second kappa shape index (κ2) is 9.94. The van der Waals surface area contributed by atoms with Crippen molar-refractivity contribution in [3.8, 4) is 0 Å². The topological polar surface area (TPSA) is 89.3 Å². The minimum absolute atomic E-state index is 0.0547. The molecule has 1 N–H and O–H groups in total. The van der Waals surface area contributed by atoms with Gasteiger partial charge in [0.15, 0.2) is 5.82 Å². The van der Waals surface area contributed by atoms with Crippen molar-refractivity contribution in [2.24, 2.45) is 0 Å². The highest BCUT2D eigenvalue weighted by molar-refractivity contribution is 6.03. The number of ether oxygens (including phenoxy) is 1. The van der Waals surface area contributed by atoms with E-state index in [1.165, 1.54) is 12.1 Å². The zero-order chi connectivity index (χ0) is 24.2. The van der Waals surface area contributed by atoms with Crippen LogP contribution in [-0.4, -0.2) is 58.4 Å². The van der Waals surface area contributed by atoms with E-state index in [2.05, 4.69) is 25.0 Å². The van der Waals surface area contributed by atoms with Gasteiger partial charge in [-0.1, -0.05) is 0 Å². The maximum Gasteiger partial charge on any atom is 0.491 e. The van der Waals surface area contributed by atoms with Crippen LogP contribution < -0.4 is 5.32 Å². The quantitative estimate of drug-likeness (QED) is 0.233. The van der Waals surface area contributed by atoms with Gasteiger partial charge >= 0.3 is 18.1 Å². The number of benzene rings is 1. The highest BCUT2D eigenvalue weighted by Gasteiger charge is 2.42. The number of hydrogen-bond acceptors (Lipinski definition) is 7. The first kappa shape index (κ1) is 24.1. The summed E-state index contributed by atoms with van der Waals surface area (Å²) in [6.07, 6.45) is -1.30. The Balaban J connectivity index is 1.88. The number of alkyl halides is 3. The molecule has 33 heavy (non-hydrogen) atoms. The van der Waals surface area contributed by atoms with Crippen LogP contribution in [-0.2, 0) is 16.1 Å². The molecule has 2 heterocycles. The molecule has 0 aliphatic carbocycles. The van der Waals surface area contributed by atoms with Gasteiger partial charge in [-0.05, 0) is 57.7 Å². The van der Waals surface area contributed by atoms with Crippen LogP contribution in [0.2, 0.25) is 0 Å². The van der Waals surface area contributed by atoms with Crippen LogP contribution in [0.3, 0.4) is 0 Å². The number of aromatic nitrogens is 3. The van der Waals surface area contributed by atoms with Crippen molar-refractivity contribution in [2.75, 3.05) is 26.0 Å². The lowest BCUT2D eigenvalue weighted by atomic mass is 10.2. The summed E-state index contributed by atoms with van der Waals surface area (Å²) >= 11 is 0. The van der Waals surface area contributed by atoms with Gasteiger partial charge in [0.05, 0.1) is 23.0 Å². The molecule has 0 bridgehead atoms. The van der Waals surface area contributed by atoms with Crippen LogP contribution >= 0.6 is 0 Å². The Morgan fingerprint density at radius 2 is 1.94 bits per heavy atom. The van der Waals surface area contributed by atoms with Gasteiger partial charge in [-0.2, -0.15) is 18.3 Å². The summed E-state index contributed by atoms with van der Waals surface area (Å²) in [7, 11) is 3.93. The molecule has 8 nitrogen and oxygen atoms in total. The molecule has 0 atom stereocenters. The lowest BCUT2D eigenvalue weighted by Gasteiger charge is -2.10. The predicted molar refractivity (Wildman–Crippen MR) is 111 cm³/mol. The number of halogens is 4. The molecule has 12 heteroatoms. The molecular weight excluding hydrogens is 446 g/mol. The Kier molecular flexibility index (Phi) is 7.26. The van der Waals surface area contributed by atoms with Gasteiger partial charge in [-0.25, -0.2) is 14.0 Å². The fourth-order valence-electron chi connectivity index (χ4n) is 3.10. The maximum atomic E-state index is 13.9. The third-order valence-corrected chi connectivity index (χ3v) is 4.65. The van der Waals surface area contributed by atoms with Crippen LogP contribution in [0.15, 0.2) is 36.7 Å². The average Bonchev–Trinajstić information content (AvgIpc) is 3.07. The number of nitrogens with zero attached hydrogens (tertiary/aromatic N) is 4. The van der Waals surface area contributed by atoms with Crippen LogP contribution in [0, 0.1) is 5.82 Å². The van der Waals surface area contributed by atoms with Crippen molar-refractivity contribution in [1.82, 2.24) is 19.7 Å². The summed E-state index contributed by atoms with van der Waals surface area (Å²) in [5, 5.41) is 7.64. The van der Waals surface area contributed by atoms with Crippen LogP contribution in [0.1, 0.15) is 23.2 Å². The van der Waals surface area contributed by atoms with E-state index in [4.69, 9.17) is 0 Å². The first-order valence-corrected chi connectivity index (χ1v) is 9.91. The number of nitrogens with one attached hydrogen (secondary N) is 1. The van der Waals surface area contributed by atoms with Gasteiger partial charge < -0.3 is 15.0 Å². The largest absolute Gasteiger partial charge is 0.491 e. The highest BCUT2D eigenvalue weighted by Crippen LogP contribution is 2.29. The molecule has 0 aliphatic heterocycles. The van der Waals surface area contributed by atoms with E-state index in [0.717, 1.165) is 37.8 Å². The number of unbranched alkanes of at least 4 members (excludes halogenated alkanes) is 1. The summed E-state index contributed by atoms with van der Waals surface area (Å²) in [5.74, 6) is -4.49. The zero-order valence-corrected chi connectivity index (χ0v) is 17.8. The number of carbonyl (C=O) groups excluding carboxylic acids is 2. The number of esters is 2. The van der Waals surface area contributed by atoms with Gasteiger partial charge in [-0.3, -0.25) is 9.67 Å². The first-order chi connectivity index (χ1) is 15.6. The SMILES string of the molecule is CN(C)CCCCn1nc(Nc2cnccc2C(=O)OC(=O)C(F)(F)F)c2cc(F)ccc21. The molecule has 0 saturated carbocycles. The Bertz CT molecular complexity index is 1160. The van der Waals surface area contributed by atoms with E-state index in [0.29, 0.717) is 17.4 Å². The van der Waals surface area contributed by atoms with E-state index in [-0.39, 0.29) is 17.1 Å². The number of carbonyl (C=O) groups is 2. The molecule has 176 valence electrons. The van der Waals surface area contributed by atoms with Crippen LogP contribution in [0.4, 0.5) is 29.1 Å². The van der Waals surface area contributed by atoms with E-state index in [9.17, 15) is 27.2 Å². The second-order valence-corrected chi connectivity index (χ2v) is 7.46. The van der Waals surface area contributed by atoms with E-state index in [1.807, 2.05) is 14.1 Å². The number of fused-ring (bicyclic) bond motifs is 1. The van der Waals surface area contributed by atoms with Crippen molar-refractivity contribution in [2.45, 2.75) is 25.6 Å². The van der Waals surface area contributed by atoms with Crippen molar-refractivity contribution < 1.29 is 31.9 Å². The van der Waals surface area contributed by atoms with E-state index in [1.54, 1.807) is 10.7 Å². The molecule has 3 aromatic rings. The number of aryl methyl sites for hydroxylation is 1. The van der Waals surface area contributed by atoms with Gasteiger partial charge in [0, 0.05) is 18.1 Å². The molecular formula is C21H21F4N5O3. The fourth-order valence-corrected chi connectivity index (χ4v) is 3.10. The Morgan fingerprint density at radius 3 is 2.64 bits per heavy atom. The van der Waals surface area contributed by atoms with Crippen molar-refractivity contribution in [3.05, 3.63) is 48.0 Å². The normalized spacial score (nSPS) is 11.7. The number of hydrogen-bond donors (Lipinski definition) is 1. The third-order valence-electron chi connectivity index (χ3n) is 4.65. The Labute approximate surface area is 186 Å². The molecule has 1 aromatic carbocycles. The number of pyridine rings is 1. The molecule has 0 radical (unpaired) electrons. The molecule has 2 aromatic heterocycles. The van der Waals surface area contributed by atoms with Crippen molar-refractivity contribution in [3.63, 3.8) is 0 Å². The monoisotopic (exact) mass is 467 g/mol. The lowest BCUT2D eigenvalue weighted by Crippen LogP contribution is -2.28. The zero-order valence-electron chi connectivity index (χ0n) is 17.8. The van der Waals surface area contributed by atoms with E-state index < -0.39 is 23.9 Å². The average molecular weight is 467 g/mol. The Morgan fingerprint density at radius 1 is 1.18 bits per heavy atom. The molecule has 0 saturated heterocycles. The summed E-state index contributed by atoms with van der Waals surface area (Å²) < 4.78 is 56.9. The molecule has 0 aliphatic rings. The standard InChI is InChI=1S/C21H21F4N5O3/c1-29(2)9-3-4-10-30-17-6-5-13(22)11-15(17)18(28-30)27-16-12-26-8-7-14(16)19(31)33-20(32)21(23,24)25/h5-8,11-12H,3-4,9-10H2,1-2H3,(H,27,28). The second-order valence-electron chi connectivity index (χ2n) is 7.46. The summed E-state index contributed by atoms with van der Waals surface area (Å²) in [4.78, 5) is 29.1. The smallest absolute Gasteiger partial charge is 0.383 e. The molecule has 3 rings (SSSR count). The maximum absolute atomic E-state index is 13.9. The number of anilines is 2. The van der Waals surface area contributed by atoms with Gasteiger partial charge in [0.1, 0.15) is 5.82 Å². The third kappa shape index (κ3) is 6.04. The Hall–Kier alpha value is -3.54. The van der Waals surface area contributed by atoms with E-state index >= 15 is 0 Å². The minimum atomic E-state index is -5.32. The summed E-state index contributed by atoms with van der Waals surface area (Å²) in [6.45, 7) is 1.43. The predicted octanol–water partition coefficient (Wildman–Crippen LogP) is 3.90. The minimum Gasteiger partial charge on any atom is -0.383 e. The van der Waals surface area contributed by atoms with Gasteiger partial charge in [0.2, 0.25) is 0 Å². The molecule has 0 spiro atoms. The highest BCUT2D eigenvalue weighted by atomic mass is 19.4. The summed E-state index contributed by atoms with van der Waals surface area (Å²) in [5.41, 5.74) is 0.206. The summed E-state index contributed by atoms with van der Waals surface area (Å²) in [6, 6.07) is 5.20. The van der Waals surface area contributed by atoms with Crippen LogP contribution in [0.25, 0.3) is 10.9 Å². The van der Waals surface area contributed by atoms with Crippen LogP contribution in [0.5, 0.6) is 0 Å². The first-order valence-electron chi connectivity index (χ1n) is 9.91. The number of rotatable bonds is 8. The van der Waals surface area contributed by atoms with Gasteiger partial charge in [-0.15, -0.1) is 0 Å².